The molecule has 5 heteroatoms. The van der Waals surface area contributed by atoms with E-state index < -0.39 is 11.7 Å². The molecule has 0 saturated carbocycles. The molecule has 114 valence electrons. The molecule has 0 unspecified atom stereocenters. The lowest BCUT2D eigenvalue weighted by atomic mass is 10.2. The van der Waals surface area contributed by atoms with Gasteiger partial charge in [0.25, 0.3) is 5.91 Å². The summed E-state index contributed by atoms with van der Waals surface area (Å²) in [5.41, 5.74) is 1.47. The number of hydrogen-bond acceptors (Lipinski definition) is 2. The highest BCUT2D eigenvalue weighted by atomic mass is 19.1. The van der Waals surface area contributed by atoms with Gasteiger partial charge in [-0.15, -0.1) is 0 Å². The van der Waals surface area contributed by atoms with E-state index in [0.717, 1.165) is 0 Å². The van der Waals surface area contributed by atoms with Crippen LogP contribution in [-0.2, 0) is 4.79 Å². The van der Waals surface area contributed by atoms with Crippen molar-refractivity contribution in [3.05, 3.63) is 59.9 Å². The van der Waals surface area contributed by atoms with Gasteiger partial charge < -0.3 is 10.6 Å². The highest BCUT2D eigenvalue weighted by molar-refractivity contribution is 6.04. The van der Waals surface area contributed by atoms with Gasteiger partial charge >= 0.3 is 0 Å². The van der Waals surface area contributed by atoms with Crippen LogP contribution in [0.1, 0.15) is 24.2 Å². The van der Waals surface area contributed by atoms with Crippen LogP contribution in [0.3, 0.4) is 0 Å². The van der Waals surface area contributed by atoms with Crippen molar-refractivity contribution in [2.24, 2.45) is 5.92 Å². The molecule has 2 aromatic rings. The van der Waals surface area contributed by atoms with E-state index in [1.54, 1.807) is 24.3 Å². The Morgan fingerprint density at radius 2 is 1.55 bits per heavy atom. The molecule has 2 amide bonds. The Bertz CT molecular complexity index is 681. The SMILES string of the molecule is CC(C)C(=O)Nc1ccc(NC(=O)c2cccc(F)c2)cc1. The predicted octanol–water partition coefficient (Wildman–Crippen LogP) is 3.67. The Kier molecular flexibility index (Phi) is 4.88. The van der Waals surface area contributed by atoms with Gasteiger partial charge in [0.2, 0.25) is 5.91 Å². The quantitative estimate of drug-likeness (QED) is 0.905. The van der Waals surface area contributed by atoms with Crippen LogP contribution in [-0.4, -0.2) is 11.8 Å². The van der Waals surface area contributed by atoms with E-state index in [9.17, 15) is 14.0 Å². The summed E-state index contributed by atoms with van der Waals surface area (Å²) in [4.78, 5) is 23.5. The van der Waals surface area contributed by atoms with Crippen LogP contribution >= 0.6 is 0 Å². The second-order valence-electron chi connectivity index (χ2n) is 5.19. The molecule has 0 atom stereocenters. The van der Waals surface area contributed by atoms with Crippen LogP contribution in [0, 0.1) is 11.7 Å². The van der Waals surface area contributed by atoms with Crippen LogP contribution in [0.15, 0.2) is 48.5 Å². The zero-order valence-electron chi connectivity index (χ0n) is 12.4. The van der Waals surface area contributed by atoms with Gasteiger partial charge in [-0.1, -0.05) is 19.9 Å². The maximum absolute atomic E-state index is 13.1. The fourth-order valence-electron chi connectivity index (χ4n) is 1.76. The Balaban J connectivity index is 2.02. The highest BCUT2D eigenvalue weighted by Crippen LogP contribution is 2.15. The van der Waals surface area contributed by atoms with Crippen LogP contribution in [0.5, 0.6) is 0 Å². The number of anilines is 2. The van der Waals surface area contributed by atoms with Gasteiger partial charge in [-0.05, 0) is 42.5 Å². The summed E-state index contributed by atoms with van der Waals surface area (Å²) in [6.07, 6.45) is 0. The minimum atomic E-state index is -0.459. The minimum absolute atomic E-state index is 0.0726. The summed E-state index contributed by atoms with van der Waals surface area (Å²) in [6.45, 7) is 3.62. The Labute approximate surface area is 128 Å². The number of amides is 2. The van der Waals surface area contributed by atoms with Crippen molar-refractivity contribution in [3.63, 3.8) is 0 Å². The lowest BCUT2D eigenvalue weighted by Crippen LogP contribution is -2.17. The lowest BCUT2D eigenvalue weighted by molar-refractivity contribution is -0.118. The minimum Gasteiger partial charge on any atom is -0.326 e. The first-order chi connectivity index (χ1) is 10.5. The first-order valence-corrected chi connectivity index (χ1v) is 6.93. The molecule has 0 aliphatic heterocycles. The number of rotatable bonds is 4. The lowest BCUT2D eigenvalue weighted by Gasteiger charge is -2.09. The topological polar surface area (TPSA) is 58.2 Å². The van der Waals surface area contributed by atoms with Gasteiger partial charge in [0.1, 0.15) is 5.82 Å². The number of benzene rings is 2. The molecule has 0 spiro atoms. The predicted molar refractivity (Wildman–Crippen MR) is 84.3 cm³/mol. The molecule has 22 heavy (non-hydrogen) atoms. The van der Waals surface area contributed by atoms with Crippen molar-refractivity contribution in [2.75, 3.05) is 10.6 Å². The Morgan fingerprint density at radius 3 is 2.09 bits per heavy atom. The summed E-state index contributed by atoms with van der Waals surface area (Å²) in [7, 11) is 0. The average molecular weight is 300 g/mol. The first kappa shape index (κ1) is 15.7. The Hall–Kier alpha value is -2.69. The molecule has 4 nitrogen and oxygen atoms in total. The van der Waals surface area contributed by atoms with Crippen LogP contribution < -0.4 is 10.6 Å². The fourth-order valence-corrected chi connectivity index (χ4v) is 1.76. The Morgan fingerprint density at radius 1 is 0.955 bits per heavy atom. The molecule has 2 N–H and O–H groups in total. The second-order valence-corrected chi connectivity index (χ2v) is 5.19. The first-order valence-electron chi connectivity index (χ1n) is 6.93. The number of halogens is 1. The van der Waals surface area contributed by atoms with E-state index in [2.05, 4.69) is 10.6 Å². The standard InChI is InChI=1S/C17H17FN2O2/c1-11(2)16(21)19-14-6-8-15(9-7-14)20-17(22)12-4-3-5-13(18)10-12/h3-11H,1-2H3,(H,19,21)(H,20,22). The summed E-state index contributed by atoms with van der Waals surface area (Å²) >= 11 is 0. The molecule has 2 aromatic carbocycles. The molecule has 0 aliphatic rings. The van der Waals surface area contributed by atoms with E-state index in [1.807, 2.05) is 13.8 Å². The molecule has 0 radical (unpaired) electrons. The molecular formula is C17H17FN2O2. The summed E-state index contributed by atoms with van der Waals surface area (Å²) in [6, 6.07) is 12.2. The monoisotopic (exact) mass is 300 g/mol. The molecule has 0 bridgehead atoms. The number of nitrogens with one attached hydrogen (secondary N) is 2. The fraction of sp³-hybridized carbons (Fsp3) is 0.176. The van der Waals surface area contributed by atoms with Gasteiger partial charge in [0, 0.05) is 22.9 Å². The summed E-state index contributed by atoms with van der Waals surface area (Å²) < 4.78 is 13.1. The van der Waals surface area contributed by atoms with E-state index in [1.165, 1.54) is 24.3 Å². The highest BCUT2D eigenvalue weighted by Gasteiger charge is 2.09. The van der Waals surface area contributed by atoms with Crippen molar-refractivity contribution in [3.8, 4) is 0 Å². The van der Waals surface area contributed by atoms with E-state index in [-0.39, 0.29) is 17.4 Å². The summed E-state index contributed by atoms with van der Waals surface area (Å²) in [5, 5.41) is 5.43. The van der Waals surface area contributed by atoms with E-state index >= 15 is 0 Å². The molecule has 2 rings (SSSR count). The molecule has 0 saturated heterocycles. The van der Waals surface area contributed by atoms with Crippen LogP contribution in [0.25, 0.3) is 0 Å². The third-order valence-electron chi connectivity index (χ3n) is 3.02. The third kappa shape index (κ3) is 4.15. The summed E-state index contributed by atoms with van der Waals surface area (Å²) in [5.74, 6) is -1.03. The zero-order valence-corrected chi connectivity index (χ0v) is 12.4. The number of carbonyl (C=O) groups excluding carboxylic acids is 2. The van der Waals surface area contributed by atoms with E-state index in [4.69, 9.17) is 0 Å². The van der Waals surface area contributed by atoms with Gasteiger partial charge in [-0.25, -0.2) is 4.39 Å². The van der Waals surface area contributed by atoms with Gasteiger partial charge in [0.05, 0.1) is 0 Å². The van der Waals surface area contributed by atoms with Crippen molar-refractivity contribution < 1.29 is 14.0 Å². The molecular weight excluding hydrogens is 283 g/mol. The third-order valence-corrected chi connectivity index (χ3v) is 3.02. The smallest absolute Gasteiger partial charge is 0.255 e. The molecule has 0 heterocycles. The second kappa shape index (κ2) is 6.85. The van der Waals surface area contributed by atoms with Crippen LogP contribution in [0.4, 0.5) is 15.8 Å². The zero-order chi connectivity index (χ0) is 16.1. The largest absolute Gasteiger partial charge is 0.326 e. The van der Waals surface area contributed by atoms with Gasteiger partial charge in [0.15, 0.2) is 0 Å². The normalized spacial score (nSPS) is 10.4. The van der Waals surface area contributed by atoms with Gasteiger partial charge in [-0.2, -0.15) is 0 Å². The molecule has 0 aliphatic carbocycles. The van der Waals surface area contributed by atoms with Crippen molar-refractivity contribution in [2.45, 2.75) is 13.8 Å². The van der Waals surface area contributed by atoms with Crippen molar-refractivity contribution in [1.29, 1.82) is 0 Å². The van der Waals surface area contributed by atoms with Crippen molar-refractivity contribution in [1.82, 2.24) is 0 Å². The molecule has 0 fully saturated rings. The molecule has 0 aromatic heterocycles. The average Bonchev–Trinajstić information content (AvgIpc) is 2.49. The van der Waals surface area contributed by atoms with Gasteiger partial charge in [-0.3, -0.25) is 9.59 Å². The van der Waals surface area contributed by atoms with Crippen LogP contribution in [0.2, 0.25) is 0 Å². The maximum atomic E-state index is 13.1. The maximum Gasteiger partial charge on any atom is 0.255 e. The number of carbonyl (C=O) groups is 2. The van der Waals surface area contributed by atoms with Crippen molar-refractivity contribution >= 4 is 23.2 Å². The van der Waals surface area contributed by atoms with E-state index in [0.29, 0.717) is 11.4 Å². The number of hydrogen-bond donors (Lipinski definition) is 2.